The summed E-state index contributed by atoms with van der Waals surface area (Å²) in [5.41, 5.74) is -1.32. The summed E-state index contributed by atoms with van der Waals surface area (Å²) in [6.45, 7) is 5.68. The van der Waals surface area contributed by atoms with Crippen LogP contribution in [0.2, 0.25) is 0 Å². The zero-order chi connectivity index (χ0) is 15.8. The highest BCUT2D eigenvalue weighted by atomic mass is 16.4. The maximum absolute atomic E-state index is 11.9. The van der Waals surface area contributed by atoms with Crippen LogP contribution in [0, 0.1) is 0 Å². The Balaban J connectivity index is 4.50. The fourth-order valence-electron chi connectivity index (χ4n) is 1.66. The first-order valence-electron chi connectivity index (χ1n) is 6.80. The number of nitrogens with zero attached hydrogens (tertiary/aromatic N) is 1. The lowest BCUT2D eigenvalue weighted by Gasteiger charge is -2.28. The molecule has 0 rings (SSSR count). The first-order valence-corrected chi connectivity index (χ1v) is 6.80. The molecule has 0 saturated carbocycles. The van der Waals surface area contributed by atoms with Crippen molar-refractivity contribution in [2.75, 3.05) is 20.1 Å². The summed E-state index contributed by atoms with van der Waals surface area (Å²) in [5, 5.41) is 14.3. The van der Waals surface area contributed by atoms with Gasteiger partial charge in [0.25, 0.3) is 0 Å². The molecule has 1 atom stereocenters. The third-order valence-electron chi connectivity index (χ3n) is 2.90. The second-order valence-corrected chi connectivity index (χ2v) is 5.02. The molecule has 20 heavy (non-hydrogen) atoms. The lowest BCUT2D eigenvalue weighted by atomic mass is 9.96. The smallest absolute Gasteiger partial charge is 0.329 e. The molecule has 0 aromatic carbocycles. The number of carbonyl (C=O) groups excluding carboxylic acids is 2. The topological polar surface area (TPSA) is 98.7 Å². The van der Waals surface area contributed by atoms with Crippen molar-refractivity contribution in [1.29, 1.82) is 0 Å². The fourth-order valence-corrected chi connectivity index (χ4v) is 1.66. The summed E-state index contributed by atoms with van der Waals surface area (Å²) in [6.07, 6.45) is 1.77. The van der Waals surface area contributed by atoms with E-state index in [0.29, 0.717) is 19.4 Å². The van der Waals surface area contributed by atoms with Crippen molar-refractivity contribution >= 4 is 17.9 Å². The Bertz CT molecular complexity index is 360. The van der Waals surface area contributed by atoms with Gasteiger partial charge in [-0.15, -0.1) is 0 Å². The number of nitrogens with one attached hydrogen (secondary N) is 2. The van der Waals surface area contributed by atoms with Crippen LogP contribution in [0.5, 0.6) is 0 Å². The van der Waals surface area contributed by atoms with Gasteiger partial charge in [-0.2, -0.15) is 0 Å². The van der Waals surface area contributed by atoms with Crippen LogP contribution in [0.3, 0.4) is 0 Å². The number of amides is 3. The van der Waals surface area contributed by atoms with Crippen LogP contribution in [-0.4, -0.2) is 53.6 Å². The lowest BCUT2D eigenvalue weighted by molar-refractivity contribution is -0.144. The molecule has 116 valence electrons. The molecule has 0 aliphatic carbocycles. The number of carbonyl (C=O) groups is 3. The summed E-state index contributed by atoms with van der Waals surface area (Å²) in [7, 11) is 1.45. The van der Waals surface area contributed by atoms with Gasteiger partial charge in [0, 0.05) is 13.6 Å². The Morgan fingerprint density at radius 3 is 2.25 bits per heavy atom. The molecule has 7 heteroatoms. The Morgan fingerprint density at radius 1 is 1.20 bits per heavy atom. The highest BCUT2D eigenvalue weighted by Crippen LogP contribution is 2.13. The van der Waals surface area contributed by atoms with E-state index in [0.717, 1.165) is 6.42 Å². The number of aliphatic carboxylic acids is 1. The summed E-state index contributed by atoms with van der Waals surface area (Å²) >= 11 is 0. The van der Waals surface area contributed by atoms with Crippen molar-refractivity contribution in [3.8, 4) is 0 Å². The molecule has 0 saturated heterocycles. The largest absolute Gasteiger partial charge is 0.480 e. The quantitative estimate of drug-likeness (QED) is 0.615. The predicted octanol–water partition coefficient (Wildman–Crippen LogP) is 0.797. The van der Waals surface area contributed by atoms with Gasteiger partial charge in [-0.25, -0.2) is 9.59 Å². The molecule has 7 nitrogen and oxygen atoms in total. The Kier molecular flexibility index (Phi) is 7.64. The number of hydrogen-bond donors (Lipinski definition) is 3. The van der Waals surface area contributed by atoms with E-state index in [2.05, 4.69) is 10.6 Å². The van der Waals surface area contributed by atoms with E-state index >= 15 is 0 Å². The summed E-state index contributed by atoms with van der Waals surface area (Å²) in [4.78, 5) is 35.8. The Labute approximate surface area is 119 Å². The second kappa shape index (κ2) is 8.39. The summed E-state index contributed by atoms with van der Waals surface area (Å²) in [6, 6.07) is -0.574. The predicted molar refractivity (Wildman–Crippen MR) is 75.4 cm³/mol. The molecule has 0 aromatic rings. The van der Waals surface area contributed by atoms with Crippen molar-refractivity contribution in [1.82, 2.24) is 15.5 Å². The van der Waals surface area contributed by atoms with Gasteiger partial charge < -0.3 is 20.6 Å². The van der Waals surface area contributed by atoms with E-state index in [1.165, 1.54) is 18.9 Å². The minimum atomic E-state index is -1.32. The van der Waals surface area contributed by atoms with Gasteiger partial charge in [-0.05, 0) is 19.8 Å². The number of likely N-dealkylation sites (N-methyl/N-ethyl adjacent to an activating group) is 1. The van der Waals surface area contributed by atoms with Gasteiger partial charge in [0.1, 0.15) is 12.1 Å². The van der Waals surface area contributed by atoms with Crippen LogP contribution in [0.15, 0.2) is 0 Å². The molecule has 0 heterocycles. The number of carboxylic acids is 1. The van der Waals surface area contributed by atoms with E-state index in [1.807, 2.05) is 13.8 Å². The Morgan fingerprint density at radius 2 is 1.80 bits per heavy atom. The third-order valence-corrected chi connectivity index (χ3v) is 2.90. The normalized spacial score (nSPS) is 13.2. The lowest BCUT2D eigenvalue weighted by Crippen LogP contribution is -2.56. The van der Waals surface area contributed by atoms with E-state index in [4.69, 9.17) is 0 Å². The minimum absolute atomic E-state index is 0.104. The summed E-state index contributed by atoms with van der Waals surface area (Å²) in [5.74, 6) is -1.35. The molecular weight excluding hydrogens is 262 g/mol. The Hall–Kier alpha value is -1.79. The van der Waals surface area contributed by atoms with E-state index in [1.54, 1.807) is 0 Å². The molecule has 0 fully saturated rings. The van der Waals surface area contributed by atoms with Crippen LogP contribution in [-0.2, 0) is 9.59 Å². The SMILES string of the molecule is CCCNC(=O)CN(C)C(=O)NC(C)(CCC)C(=O)O. The van der Waals surface area contributed by atoms with Crippen LogP contribution in [0.25, 0.3) is 0 Å². The summed E-state index contributed by atoms with van der Waals surface area (Å²) < 4.78 is 0. The first kappa shape index (κ1) is 18.2. The average Bonchev–Trinajstić information content (AvgIpc) is 2.36. The first-order chi connectivity index (χ1) is 9.26. The van der Waals surface area contributed by atoms with Crippen molar-refractivity contribution < 1.29 is 19.5 Å². The average molecular weight is 287 g/mol. The molecule has 3 N–H and O–H groups in total. The number of rotatable bonds is 8. The standard InChI is InChI=1S/C13H25N3O4/c1-5-7-13(3,11(18)19)15-12(20)16(4)9-10(17)14-8-6-2/h5-9H2,1-4H3,(H,14,17)(H,15,20)(H,18,19). The molecule has 0 aliphatic rings. The van der Waals surface area contributed by atoms with Gasteiger partial charge >= 0.3 is 12.0 Å². The molecular formula is C13H25N3O4. The maximum atomic E-state index is 11.9. The zero-order valence-electron chi connectivity index (χ0n) is 12.7. The maximum Gasteiger partial charge on any atom is 0.329 e. The van der Waals surface area contributed by atoms with Gasteiger partial charge in [0.05, 0.1) is 0 Å². The number of carboxylic acid groups (broad SMARTS) is 1. The van der Waals surface area contributed by atoms with Crippen molar-refractivity contribution in [2.24, 2.45) is 0 Å². The van der Waals surface area contributed by atoms with Gasteiger partial charge in [-0.3, -0.25) is 4.79 Å². The molecule has 0 aromatic heterocycles. The molecule has 0 bridgehead atoms. The minimum Gasteiger partial charge on any atom is -0.480 e. The molecule has 0 radical (unpaired) electrons. The zero-order valence-corrected chi connectivity index (χ0v) is 12.7. The second-order valence-electron chi connectivity index (χ2n) is 5.02. The number of urea groups is 1. The molecule has 1 unspecified atom stereocenters. The van der Waals surface area contributed by atoms with Gasteiger partial charge in [0.2, 0.25) is 5.91 Å². The third kappa shape index (κ3) is 5.90. The molecule has 0 aliphatic heterocycles. The van der Waals surface area contributed by atoms with Crippen molar-refractivity contribution in [2.45, 2.75) is 45.6 Å². The van der Waals surface area contributed by atoms with Crippen LogP contribution >= 0.6 is 0 Å². The number of hydrogen-bond acceptors (Lipinski definition) is 3. The fraction of sp³-hybridized carbons (Fsp3) is 0.769. The van der Waals surface area contributed by atoms with Crippen LogP contribution in [0.4, 0.5) is 4.79 Å². The van der Waals surface area contributed by atoms with E-state index < -0.39 is 17.5 Å². The van der Waals surface area contributed by atoms with Crippen molar-refractivity contribution in [3.63, 3.8) is 0 Å². The molecule has 0 spiro atoms. The highest BCUT2D eigenvalue weighted by molar-refractivity contribution is 5.88. The van der Waals surface area contributed by atoms with Crippen LogP contribution < -0.4 is 10.6 Å². The van der Waals surface area contributed by atoms with Crippen LogP contribution in [0.1, 0.15) is 40.0 Å². The van der Waals surface area contributed by atoms with Gasteiger partial charge in [-0.1, -0.05) is 20.3 Å². The monoisotopic (exact) mass is 287 g/mol. The van der Waals surface area contributed by atoms with Gasteiger partial charge in [0.15, 0.2) is 0 Å². The highest BCUT2D eigenvalue weighted by Gasteiger charge is 2.34. The van der Waals surface area contributed by atoms with E-state index in [9.17, 15) is 19.5 Å². The van der Waals surface area contributed by atoms with Crippen molar-refractivity contribution in [3.05, 3.63) is 0 Å². The van der Waals surface area contributed by atoms with E-state index in [-0.39, 0.29) is 12.5 Å². The molecule has 3 amide bonds.